The number of nitrogens with two attached hydrogens (primary N) is 1. The van der Waals surface area contributed by atoms with Gasteiger partial charge in [-0.15, -0.1) is 0 Å². The maximum absolute atomic E-state index is 12.4. The molecular formula is C13H16ClN3OS. The van der Waals surface area contributed by atoms with E-state index in [0.717, 1.165) is 17.8 Å². The minimum Gasteiger partial charge on any atom is -0.398 e. The summed E-state index contributed by atoms with van der Waals surface area (Å²) in [4.78, 5) is 0.503. The molecule has 0 spiro atoms. The Kier molecular flexibility index (Phi) is 4.27. The van der Waals surface area contributed by atoms with E-state index in [0.29, 0.717) is 21.4 Å². The molecule has 0 saturated heterocycles. The number of nitrogen functional groups attached to an aromatic ring is 1. The molecule has 0 aliphatic heterocycles. The minimum atomic E-state index is -1.27. The summed E-state index contributed by atoms with van der Waals surface area (Å²) < 4.78 is 14.2. The zero-order chi connectivity index (χ0) is 14.0. The third-order valence-corrected chi connectivity index (χ3v) is 4.79. The van der Waals surface area contributed by atoms with Crippen LogP contribution in [0.1, 0.15) is 18.3 Å². The number of nitrogens with zero attached hydrogens (tertiary/aromatic N) is 2. The van der Waals surface area contributed by atoms with Crippen molar-refractivity contribution in [2.45, 2.75) is 24.0 Å². The Morgan fingerprint density at radius 1 is 1.47 bits per heavy atom. The topological polar surface area (TPSA) is 60.9 Å². The van der Waals surface area contributed by atoms with Gasteiger partial charge in [0.1, 0.15) is 0 Å². The number of hydrogen-bond donors (Lipinski definition) is 1. The summed E-state index contributed by atoms with van der Waals surface area (Å²) >= 11 is 6.07. The summed E-state index contributed by atoms with van der Waals surface area (Å²) in [5, 5.41) is 4.78. The van der Waals surface area contributed by atoms with Gasteiger partial charge in [-0.2, -0.15) is 5.10 Å². The third kappa shape index (κ3) is 2.98. The molecule has 1 aromatic heterocycles. The predicted octanol–water partition coefficient (Wildman–Crippen LogP) is 2.53. The highest BCUT2D eigenvalue weighted by Gasteiger charge is 2.15. The Balaban J connectivity index is 2.28. The largest absolute Gasteiger partial charge is 0.398 e. The Morgan fingerprint density at radius 2 is 2.21 bits per heavy atom. The lowest BCUT2D eigenvalue weighted by atomic mass is 10.3. The molecule has 0 amide bonds. The van der Waals surface area contributed by atoms with Gasteiger partial charge in [0, 0.05) is 12.7 Å². The van der Waals surface area contributed by atoms with E-state index in [4.69, 9.17) is 17.3 Å². The van der Waals surface area contributed by atoms with E-state index < -0.39 is 10.8 Å². The molecule has 0 aliphatic rings. The first kappa shape index (κ1) is 14.1. The van der Waals surface area contributed by atoms with Crippen LogP contribution in [0.25, 0.3) is 0 Å². The number of halogens is 1. The zero-order valence-corrected chi connectivity index (χ0v) is 12.5. The molecule has 1 aromatic carbocycles. The Bertz CT molecular complexity index is 604. The van der Waals surface area contributed by atoms with Crippen molar-refractivity contribution in [3.8, 4) is 0 Å². The second-order valence-corrected chi connectivity index (χ2v) is 6.05. The van der Waals surface area contributed by atoms with Gasteiger partial charge in [-0.25, -0.2) is 0 Å². The first-order valence-electron chi connectivity index (χ1n) is 5.97. The van der Waals surface area contributed by atoms with Crippen molar-refractivity contribution in [3.63, 3.8) is 0 Å². The van der Waals surface area contributed by atoms with Gasteiger partial charge < -0.3 is 5.73 Å². The number of aryl methyl sites for hydroxylation is 2. The normalized spacial score (nSPS) is 12.6. The average Bonchev–Trinajstić information content (AvgIpc) is 2.70. The standard InChI is InChI=1S/C13H16ClN3OS/c1-3-9-7-10(17(2)16-9)8-19(18)13-11(14)5-4-6-12(13)15/h4-7H,3,8,15H2,1-2H3. The van der Waals surface area contributed by atoms with Gasteiger partial charge in [0.05, 0.1) is 37.9 Å². The van der Waals surface area contributed by atoms with Crippen molar-refractivity contribution in [1.29, 1.82) is 0 Å². The molecule has 2 N–H and O–H groups in total. The summed E-state index contributed by atoms with van der Waals surface area (Å²) in [6, 6.07) is 7.12. The fourth-order valence-corrected chi connectivity index (χ4v) is 3.59. The van der Waals surface area contributed by atoms with E-state index >= 15 is 0 Å². The van der Waals surface area contributed by atoms with Gasteiger partial charge in [-0.3, -0.25) is 8.89 Å². The lowest BCUT2D eigenvalue weighted by Gasteiger charge is -2.07. The molecule has 2 rings (SSSR count). The lowest BCUT2D eigenvalue weighted by molar-refractivity contribution is 0.675. The Labute approximate surface area is 120 Å². The molecule has 6 heteroatoms. The highest BCUT2D eigenvalue weighted by molar-refractivity contribution is 7.84. The predicted molar refractivity (Wildman–Crippen MR) is 78.6 cm³/mol. The van der Waals surface area contributed by atoms with Crippen LogP contribution in [0.4, 0.5) is 5.69 Å². The van der Waals surface area contributed by atoms with Crippen molar-refractivity contribution in [2.24, 2.45) is 7.05 Å². The molecule has 1 unspecified atom stereocenters. The first-order valence-corrected chi connectivity index (χ1v) is 7.66. The molecule has 4 nitrogen and oxygen atoms in total. The van der Waals surface area contributed by atoms with Crippen LogP contribution < -0.4 is 5.73 Å². The van der Waals surface area contributed by atoms with Gasteiger partial charge in [-0.05, 0) is 24.6 Å². The van der Waals surface area contributed by atoms with Gasteiger partial charge in [0.25, 0.3) is 0 Å². The number of anilines is 1. The van der Waals surface area contributed by atoms with Gasteiger partial charge in [0.15, 0.2) is 0 Å². The summed E-state index contributed by atoms with van der Waals surface area (Å²) in [6.07, 6.45) is 0.856. The number of benzene rings is 1. The van der Waals surface area contributed by atoms with E-state index in [-0.39, 0.29) is 0 Å². The first-order chi connectivity index (χ1) is 9.02. The van der Waals surface area contributed by atoms with Crippen LogP contribution in [-0.4, -0.2) is 14.0 Å². The highest BCUT2D eigenvalue weighted by atomic mass is 35.5. The van der Waals surface area contributed by atoms with Crippen LogP contribution >= 0.6 is 11.6 Å². The minimum absolute atomic E-state index is 0.359. The third-order valence-electron chi connectivity index (χ3n) is 2.89. The van der Waals surface area contributed by atoms with E-state index in [1.54, 1.807) is 22.9 Å². The van der Waals surface area contributed by atoms with Crippen molar-refractivity contribution in [1.82, 2.24) is 9.78 Å². The Morgan fingerprint density at radius 3 is 2.79 bits per heavy atom. The second-order valence-electron chi connectivity index (χ2n) is 4.25. The van der Waals surface area contributed by atoms with Gasteiger partial charge in [0.2, 0.25) is 0 Å². The zero-order valence-electron chi connectivity index (χ0n) is 10.9. The molecule has 0 bridgehead atoms. The quantitative estimate of drug-likeness (QED) is 0.882. The monoisotopic (exact) mass is 297 g/mol. The highest BCUT2D eigenvalue weighted by Crippen LogP contribution is 2.27. The number of rotatable bonds is 4. The molecular weight excluding hydrogens is 282 g/mol. The van der Waals surface area contributed by atoms with E-state index in [9.17, 15) is 4.21 Å². The summed E-state index contributed by atoms with van der Waals surface area (Å²) in [5.74, 6) is 0.359. The SMILES string of the molecule is CCc1cc(CS(=O)c2c(N)cccc2Cl)n(C)n1. The Hall–Kier alpha value is -1.33. The fourth-order valence-electron chi connectivity index (χ4n) is 1.85. The van der Waals surface area contributed by atoms with E-state index in [1.165, 1.54) is 0 Å². The van der Waals surface area contributed by atoms with Crippen LogP contribution in [0.2, 0.25) is 5.02 Å². The smallest absolute Gasteiger partial charge is 0.0807 e. The maximum atomic E-state index is 12.4. The molecule has 1 heterocycles. The van der Waals surface area contributed by atoms with Crippen molar-refractivity contribution < 1.29 is 4.21 Å². The van der Waals surface area contributed by atoms with Crippen molar-refractivity contribution in [3.05, 3.63) is 40.7 Å². The molecule has 19 heavy (non-hydrogen) atoms. The molecule has 0 radical (unpaired) electrons. The average molecular weight is 298 g/mol. The fraction of sp³-hybridized carbons (Fsp3) is 0.308. The lowest BCUT2D eigenvalue weighted by Crippen LogP contribution is -2.05. The van der Waals surface area contributed by atoms with E-state index in [1.807, 2.05) is 20.0 Å². The summed E-state index contributed by atoms with van der Waals surface area (Å²) in [5.41, 5.74) is 8.21. The molecule has 0 aliphatic carbocycles. The molecule has 0 fully saturated rings. The second kappa shape index (κ2) is 5.75. The summed E-state index contributed by atoms with van der Waals surface area (Å²) in [7, 11) is 0.575. The van der Waals surface area contributed by atoms with Crippen LogP contribution in [-0.2, 0) is 30.0 Å². The van der Waals surface area contributed by atoms with Crippen LogP contribution in [0, 0.1) is 0 Å². The molecule has 0 saturated carbocycles. The van der Waals surface area contributed by atoms with Crippen LogP contribution in [0.15, 0.2) is 29.2 Å². The molecule has 2 aromatic rings. The summed E-state index contributed by atoms with van der Waals surface area (Å²) in [6.45, 7) is 2.04. The number of hydrogen-bond acceptors (Lipinski definition) is 3. The van der Waals surface area contributed by atoms with Crippen molar-refractivity contribution >= 4 is 28.1 Å². The van der Waals surface area contributed by atoms with Crippen molar-refractivity contribution in [2.75, 3.05) is 5.73 Å². The number of aromatic nitrogens is 2. The maximum Gasteiger partial charge on any atom is 0.0807 e. The van der Waals surface area contributed by atoms with Crippen LogP contribution in [0.5, 0.6) is 0 Å². The molecule has 102 valence electrons. The molecule has 1 atom stereocenters. The van der Waals surface area contributed by atoms with Gasteiger partial charge >= 0.3 is 0 Å². The van der Waals surface area contributed by atoms with Gasteiger partial charge in [-0.1, -0.05) is 24.6 Å². The van der Waals surface area contributed by atoms with E-state index in [2.05, 4.69) is 5.10 Å². The van der Waals surface area contributed by atoms with Crippen LogP contribution in [0.3, 0.4) is 0 Å².